The van der Waals surface area contributed by atoms with Gasteiger partial charge in [-0.05, 0) is 36.8 Å². The summed E-state index contributed by atoms with van der Waals surface area (Å²) >= 11 is 0. The van der Waals surface area contributed by atoms with Crippen LogP contribution >= 0.6 is 0 Å². The molecule has 2 aromatic rings. The Kier molecular flexibility index (Phi) is 9.72. The van der Waals surface area contributed by atoms with Gasteiger partial charge in [0.25, 0.3) is 0 Å². The van der Waals surface area contributed by atoms with Crippen LogP contribution in [0.3, 0.4) is 0 Å². The standard InChI is InChI=1S/C31H44N4O5/c1-3-25-21-39-17-15-32(25)34-27(19-23-11-7-5-8-12-23)29(36)30(37)28(20-24-13-9-6-10-14-24)35(31(34)38)33-16-18-40-22-26(33)4-2/h5-14,25-30,36-37H,3-4,15-22H2,1-2H3/t25?,26?,27-,28-,29+,30+/m1/s1. The highest BCUT2D eigenvalue weighted by Gasteiger charge is 2.52. The van der Waals surface area contributed by atoms with E-state index in [1.54, 1.807) is 10.0 Å². The third-order valence-electron chi connectivity index (χ3n) is 8.62. The molecule has 3 fully saturated rings. The van der Waals surface area contributed by atoms with Gasteiger partial charge in [0.15, 0.2) is 0 Å². The highest BCUT2D eigenvalue weighted by atomic mass is 16.5. The predicted octanol–water partition coefficient (Wildman–Crippen LogP) is 2.72. The topological polar surface area (TPSA) is 89.0 Å². The summed E-state index contributed by atoms with van der Waals surface area (Å²) in [5.74, 6) is 0. The van der Waals surface area contributed by atoms with Crippen molar-refractivity contribution in [3.05, 3.63) is 71.8 Å². The number of carbonyl (C=O) groups is 1. The second kappa shape index (κ2) is 13.4. The van der Waals surface area contributed by atoms with Crippen molar-refractivity contribution in [3.8, 4) is 0 Å². The predicted molar refractivity (Wildman–Crippen MR) is 152 cm³/mol. The van der Waals surface area contributed by atoms with Crippen molar-refractivity contribution in [1.29, 1.82) is 0 Å². The minimum atomic E-state index is -1.16. The first-order valence-corrected chi connectivity index (χ1v) is 14.8. The Labute approximate surface area is 237 Å². The molecule has 6 atom stereocenters. The molecular formula is C31H44N4O5. The van der Waals surface area contributed by atoms with Crippen molar-refractivity contribution in [2.75, 3.05) is 39.5 Å². The Hall–Kier alpha value is -2.53. The SMILES string of the molecule is CCC1COCCN1N1C(=O)N(N2CCOCC2CC)[C@H](Cc2ccccc2)[C@H](O)[C@@H](O)[C@H]1Cc1ccccc1. The van der Waals surface area contributed by atoms with E-state index in [0.29, 0.717) is 52.4 Å². The van der Waals surface area contributed by atoms with E-state index >= 15 is 4.79 Å². The molecule has 0 radical (unpaired) electrons. The molecule has 2 unspecified atom stereocenters. The summed E-state index contributed by atoms with van der Waals surface area (Å²) < 4.78 is 11.6. The number of ether oxygens (including phenoxy) is 2. The Bertz CT molecular complexity index is 992. The molecular weight excluding hydrogens is 508 g/mol. The van der Waals surface area contributed by atoms with Gasteiger partial charge in [-0.1, -0.05) is 74.5 Å². The summed E-state index contributed by atoms with van der Waals surface area (Å²) in [6.45, 7) is 7.29. The lowest BCUT2D eigenvalue weighted by molar-refractivity contribution is -0.159. The van der Waals surface area contributed by atoms with Crippen LogP contribution in [0.1, 0.15) is 37.8 Å². The molecule has 218 valence electrons. The summed E-state index contributed by atoms with van der Waals surface area (Å²) in [5.41, 5.74) is 2.01. The molecule has 0 bridgehead atoms. The summed E-state index contributed by atoms with van der Waals surface area (Å²) in [4.78, 5) is 15.0. The van der Waals surface area contributed by atoms with Crippen LogP contribution in [0, 0.1) is 0 Å². The number of aliphatic hydroxyl groups excluding tert-OH is 2. The van der Waals surface area contributed by atoms with Crippen molar-refractivity contribution in [2.45, 2.75) is 75.9 Å². The minimum Gasteiger partial charge on any atom is -0.388 e. The van der Waals surface area contributed by atoms with Crippen molar-refractivity contribution >= 4 is 6.03 Å². The normalized spacial score (nSPS) is 30.9. The molecule has 5 rings (SSSR count). The van der Waals surface area contributed by atoms with Gasteiger partial charge in [0, 0.05) is 13.1 Å². The zero-order chi connectivity index (χ0) is 28.1. The molecule has 3 aliphatic heterocycles. The van der Waals surface area contributed by atoms with Crippen molar-refractivity contribution in [1.82, 2.24) is 20.0 Å². The lowest BCUT2D eigenvalue weighted by Crippen LogP contribution is -2.67. The largest absolute Gasteiger partial charge is 0.388 e. The van der Waals surface area contributed by atoms with Gasteiger partial charge in [0.2, 0.25) is 0 Å². The Morgan fingerprint density at radius 2 is 1.10 bits per heavy atom. The number of urea groups is 1. The number of hydrogen-bond acceptors (Lipinski definition) is 7. The van der Waals surface area contributed by atoms with Crippen LogP contribution in [0.25, 0.3) is 0 Å². The maximum Gasteiger partial charge on any atom is 0.349 e. The third-order valence-corrected chi connectivity index (χ3v) is 8.62. The highest BCUT2D eigenvalue weighted by Crippen LogP contribution is 2.32. The number of nitrogens with zero attached hydrogens (tertiary/aromatic N) is 4. The maximum atomic E-state index is 15.0. The fraction of sp³-hybridized carbons (Fsp3) is 0.581. The zero-order valence-electron chi connectivity index (χ0n) is 23.7. The maximum absolute atomic E-state index is 15.0. The molecule has 40 heavy (non-hydrogen) atoms. The van der Waals surface area contributed by atoms with Gasteiger partial charge in [0.1, 0.15) is 12.2 Å². The van der Waals surface area contributed by atoms with Gasteiger partial charge in [-0.2, -0.15) is 0 Å². The summed E-state index contributed by atoms with van der Waals surface area (Å²) in [5, 5.41) is 31.7. The van der Waals surface area contributed by atoms with E-state index in [-0.39, 0.29) is 18.1 Å². The summed E-state index contributed by atoms with van der Waals surface area (Å²) in [6, 6.07) is 18.3. The molecule has 2 amide bonds. The average molecular weight is 553 g/mol. The Morgan fingerprint density at radius 1 is 0.700 bits per heavy atom. The first-order chi connectivity index (χ1) is 19.5. The average Bonchev–Trinajstić information content (AvgIpc) is 3.07. The van der Waals surface area contributed by atoms with Crippen LogP contribution < -0.4 is 0 Å². The van der Waals surface area contributed by atoms with Gasteiger partial charge in [-0.15, -0.1) is 0 Å². The molecule has 0 aromatic heterocycles. The number of morpholine rings is 2. The van der Waals surface area contributed by atoms with Gasteiger partial charge < -0.3 is 19.7 Å². The first-order valence-electron chi connectivity index (χ1n) is 14.8. The van der Waals surface area contributed by atoms with Gasteiger partial charge in [0.05, 0.1) is 50.6 Å². The summed E-state index contributed by atoms with van der Waals surface area (Å²) in [6.07, 6.45) is 0.107. The molecule has 0 spiro atoms. The third kappa shape index (κ3) is 6.05. The second-order valence-corrected chi connectivity index (χ2v) is 11.1. The van der Waals surface area contributed by atoms with Gasteiger partial charge >= 0.3 is 6.03 Å². The summed E-state index contributed by atoms with van der Waals surface area (Å²) in [7, 11) is 0. The molecule has 3 saturated heterocycles. The van der Waals surface area contributed by atoms with Gasteiger partial charge in [-0.3, -0.25) is 0 Å². The fourth-order valence-corrected chi connectivity index (χ4v) is 6.38. The smallest absolute Gasteiger partial charge is 0.349 e. The van der Waals surface area contributed by atoms with Gasteiger partial charge in [-0.25, -0.2) is 24.8 Å². The second-order valence-electron chi connectivity index (χ2n) is 11.1. The molecule has 0 aliphatic carbocycles. The Balaban J connectivity index is 1.62. The number of rotatable bonds is 8. The molecule has 2 aromatic carbocycles. The van der Waals surface area contributed by atoms with E-state index in [2.05, 4.69) is 23.9 Å². The number of carbonyl (C=O) groups excluding carboxylic acids is 1. The zero-order valence-corrected chi connectivity index (χ0v) is 23.7. The van der Waals surface area contributed by atoms with Crippen LogP contribution in [-0.2, 0) is 22.3 Å². The Morgan fingerprint density at radius 3 is 1.48 bits per heavy atom. The fourth-order valence-electron chi connectivity index (χ4n) is 6.38. The molecule has 9 nitrogen and oxygen atoms in total. The minimum absolute atomic E-state index is 0.0144. The van der Waals surface area contributed by atoms with Crippen molar-refractivity contribution in [2.24, 2.45) is 0 Å². The highest BCUT2D eigenvalue weighted by molar-refractivity contribution is 5.75. The van der Waals surface area contributed by atoms with E-state index in [1.165, 1.54) is 0 Å². The molecule has 3 heterocycles. The van der Waals surface area contributed by atoms with Crippen LogP contribution in [0.15, 0.2) is 60.7 Å². The quantitative estimate of drug-likeness (QED) is 0.521. The number of hydrogen-bond donors (Lipinski definition) is 2. The number of amides is 2. The van der Waals surface area contributed by atoms with E-state index in [0.717, 1.165) is 24.0 Å². The van der Waals surface area contributed by atoms with Crippen molar-refractivity contribution < 1.29 is 24.5 Å². The number of benzene rings is 2. The monoisotopic (exact) mass is 552 g/mol. The lowest BCUT2D eigenvalue weighted by atomic mass is 9.91. The number of hydrazine groups is 2. The molecule has 0 saturated carbocycles. The molecule has 2 N–H and O–H groups in total. The lowest BCUT2D eigenvalue weighted by Gasteiger charge is -2.50. The van der Waals surface area contributed by atoms with Crippen LogP contribution in [-0.4, -0.2) is 112 Å². The van der Waals surface area contributed by atoms with Crippen LogP contribution in [0.2, 0.25) is 0 Å². The van der Waals surface area contributed by atoms with Crippen LogP contribution in [0.4, 0.5) is 4.79 Å². The van der Waals surface area contributed by atoms with Crippen LogP contribution in [0.5, 0.6) is 0 Å². The van der Waals surface area contributed by atoms with E-state index < -0.39 is 24.3 Å². The van der Waals surface area contributed by atoms with E-state index in [1.807, 2.05) is 60.7 Å². The molecule has 9 heteroatoms. The number of aliphatic hydroxyl groups is 2. The first kappa shape index (κ1) is 29.0. The van der Waals surface area contributed by atoms with Crippen molar-refractivity contribution in [3.63, 3.8) is 0 Å². The molecule has 3 aliphatic rings. The van der Waals surface area contributed by atoms with E-state index in [4.69, 9.17) is 9.47 Å². The van der Waals surface area contributed by atoms with E-state index in [9.17, 15) is 10.2 Å².